The summed E-state index contributed by atoms with van der Waals surface area (Å²) in [5.41, 5.74) is 3.70. The van der Waals surface area contributed by atoms with Gasteiger partial charge in [-0.15, -0.1) is 5.10 Å². The molecule has 0 spiro atoms. The molecular weight excluding hydrogens is 532 g/mol. The van der Waals surface area contributed by atoms with Gasteiger partial charge in [-0.3, -0.25) is 4.79 Å². The van der Waals surface area contributed by atoms with Gasteiger partial charge in [-0.25, -0.2) is 14.5 Å². The number of carbonyl (C=O) groups is 1. The van der Waals surface area contributed by atoms with Gasteiger partial charge in [0.2, 0.25) is 0 Å². The van der Waals surface area contributed by atoms with Gasteiger partial charge in [-0.1, -0.05) is 41.9 Å². The summed E-state index contributed by atoms with van der Waals surface area (Å²) in [6.07, 6.45) is 3.57. The fourth-order valence-corrected chi connectivity index (χ4v) is 4.93. The van der Waals surface area contributed by atoms with Crippen LogP contribution in [0.3, 0.4) is 0 Å². The van der Waals surface area contributed by atoms with Gasteiger partial charge >= 0.3 is 5.97 Å². The van der Waals surface area contributed by atoms with Gasteiger partial charge < -0.3 is 15.5 Å². The lowest BCUT2D eigenvalue weighted by atomic mass is 10.0. The Labute approximate surface area is 231 Å². The van der Waals surface area contributed by atoms with Crippen LogP contribution in [0.2, 0.25) is 5.02 Å². The van der Waals surface area contributed by atoms with Gasteiger partial charge in [0.05, 0.1) is 22.3 Å². The van der Waals surface area contributed by atoms with Gasteiger partial charge in [0.15, 0.2) is 5.82 Å². The highest BCUT2D eigenvalue weighted by molar-refractivity contribution is 6.31. The van der Waals surface area contributed by atoms with Gasteiger partial charge in [-0.2, -0.15) is 4.68 Å². The van der Waals surface area contributed by atoms with E-state index >= 15 is 0 Å². The number of halogens is 1. The molecule has 198 valence electrons. The Morgan fingerprint density at radius 3 is 2.58 bits per heavy atom. The summed E-state index contributed by atoms with van der Waals surface area (Å²) >= 11 is 6.30. The van der Waals surface area contributed by atoms with Crippen LogP contribution in [-0.4, -0.2) is 45.5 Å². The third-order valence-corrected chi connectivity index (χ3v) is 6.92. The zero-order valence-electron chi connectivity index (χ0n) is 20.8. The van der Waals surface area contributed by atoms with Crippen molar-refractivity contribution >= 4 is 28.6 Å². The zero-order valence-corrected chi connectivity index (χ0v) is 21.6. The van der Waals surface area contributed by atoms with Gasteiger partial charge in [0.1, 0.15) is 12.4 Å². The molecule has 0 bridgehead atoms. The van der Waals surface area contributed by atoms with Crippen molar-refractivity contribution in [2.24, 2.45) is 0 Å². The Bertz CT molecular complexity index is 1920. The molecule has 0 aliphatic carbocycles. The third kappa shape index (κ3) is 4.58. The van der Waals surface area contributed by atoms with Crippen molar-refractivity contribution in [1.82, 2.24) is 34.4 Å². The van der Waals surface area contributed by atoms with Crippen LogP contribution < -0.4 is 11.4 Å². The van der Waals surface area contributed by atoms with Crippen molar-refractivity contribution in [3.63, 3.8) is 0 Å². The van der Waals surface area contributed by atoms with Crippen LogP contribution in [0.4, 0.5) is 0 Å². The van der Waals surface area contributed by atoms with E-state index in [1.165, 1.54) is 33.9 Å². The van der Waals surface area contributed by atoms with Crippen LogP contribution in [0, 0.1) is 0 Å². The summed E-state index contributed by atoms with van der Waals surface area (Å²) in [6.45, 7) is 0. The lowest BCUT2D eigenvalue weighted by Crippen LogP contribution is -2.29. The zero-order chi connectivity index (χ0) is 27.8. The second-order valence-electron chi connectivity index (χ2n) is 9.13. The number of imidazole rings is 1. The van der Waals surface area contributed by atoms with E-state index in [1.807, 2.05) is 36.4 Å². The molecule has 40 heavy (non-hydrogen) atoms. The number of nitrogens with zero attached hydrogens (tertiary/aromatic N) is 7. The maximum atomic E-state index is 13.7. The largest absolute Gasteiger partial charge is 0.478 e. The molecule has 0 saturated heterocycles. The van der Waals surface area contributed by atoms with E-state index in [4.69, 9.17) is 17.4 Å². The molecule has 0 saturated carbocycles. The molecule has 0 fully saturated rings. The van der Waals surface area contributed by atoms with E-state index in [0.29, 0.717) is 45.1 Å². The minimum absolute atomic E-state index is 0.0955. The number of nitrogens with two attached hydrogens (primary N) is 1. The molecule has 1 unspecified atom stereocenters. The molecule has 6 aromatic rings. The highest BCUT2D eigenvalue weighted by Crippen LogP contribution is 2.30. The summed E-state index contributed by atoms with van der Waals surface area (Å²) in [4.78, 5) is 29.9. The number of aromatic carboxylic acids is 1. The molecule has 0 radical (unpaired) electrons. The number of tetrazole rings is 1. The first kappa shape index (κ1) is 25.0. The summed E-state index contributed by atoms with van der Waals surface area (Å²) < 4.78 is 4.47. The van der Waals surface area contributed by atoms with Crippen molar-refractivity contribution in [3.05, 3.63) is 124 Å². The van der Waals surface area contributed by atoms with Crippen molar-refractivity contribution in [2.75, 3.05) is 5.84 Å². The van der Waals surface area contributed by atoms with Gasteiger partial charge in [-0.05, 0) is 64.0 Å². The lowest BCUT2D eigenvalue weighted by molar-refractivity contribution is 0.0697. The molecule has 3 heterocycles. The van der Waals surface area contributed by atoms with Crippen LogP contribution in [0.1, 0.15) is 27.8 Å². The molecule has 0 aliphatic rings. The van der Waals surface area contributed by atoms with E-state index in [9.17, 15) is 14.7 Å². The first-order valence-electron chi connectivity index (χ1n) is 12.2. The Kier molecular flexibility index (Phi) is 6.33. The topological polar surface area (TPSA) is 147 Å². The minimum Gasteiger partial charge on any atom is -0.478 e. The number of pyridine rings is 1. The number of benzene rings is 3. The summed E-state index contributed by atoms with van der Waals surface area (Å²) in [6, 6.07) is 22.2. The van der Waals surface area contributed by atoms with E-state index in [2.05, 4.69) is 20.5 Å². The van der Waals surface area contributed by atoms with Crippen LogP contribution in [0.5, 0.6) is 0 Å². The molecule has 12 heteroatoms. The first-order chi connectivity index (χ1) is 19.4. The standard InChI is InChI=1S/C28H21ClN8O3/c29-20-7-9-23(36-16-31-33-34-36)21(15-20)18-10-11-35(26(38)14-18)25(12-17-4-2-1-3-5-17)27-32-22-13-19(28(39)40)6-8-24(22)37(27)30/h1-11,13-16,25H,12,30H2,(H,39,40). The lowest BCUT2D eigenvalue weighted by Gasteiger charge is -2.20. The smallest absolute Gasteiger partial charge is 0.335 e. The fourth-order valence-electron chi connectivity index (χ4n) is 4.76. The number of aromatic nitrogens is 7. The first-order valence-corrected chi connectivity index (χ1v) is 12.6. The summed E-state index contributed by atoms with van der Waals surface area (Å²) in [5, 5.41) is 21.3. The number of hydrogen-bond acceptors (Lipinski definition) is 7. The molecule has 3 N–H and O–H groups in total. The molecule has 0 amide bonds. The minimum atomic E-state index is -1.07. The Morgan fingerprint density at radius 1 is 1.02 bits per heavy atom. The van der Waals surface area contributed by atoms with Crippen molar-refractivity contribution in [1.29, 1.82) is 0 Å². The van der Waals surface area contributed by atoms with Crippen LogP contribution >= 0.6 is 11.6 Å². The van der Waals surface area contributed by atoms with Crippen molar-refractivity contribution in [2.45, 2.75) is 12.5 Å². The van der Waals surface area contributed by atoms with Crippen LogP contribution in [-0.2, 0) is 6.42 Å². The highest BCUT2D eigenvalue weighted by atomic mass is 35.5. The number of hydrogen-bond donors (Lipinski definition) is 2. The SMILES string of the molecule is Nn1c(C(Cc2ccccc2)n2ccc(-c3cc(Cl)ccc3-n3cnnn3)cc2=O)nc2cc(C(=O)O)ccc21. The maximum absolute atomic E-state index is 13.7. The molecule has 6 rings (SSSR count). The average Bonchev–Trinajstić information content (AvgIpc) is 3.61. The van der Waals surface area contributed by atoms with Crippen molar-refractivity contribution < 1.29 is 9.90 Å². The average molecular weight is 553 g/mol. The van der Waals surface area contributed by atoms with E-state index in [1.54, 1.807) is 35.0 Å². The number of rotatable bonds is 7. The Morgan fingerprint density at radius 2 is 1.85 bits per heavy atom. The van der Waals surface area contributed by atoms with Gasteiger partial charge in [0.25, 0.3) is 5.56 Å². The van der Waals surface area contributed by atoms with E-state index in [0.717, 1.165) is 5.56 Å². The predicted octanol–water partition coefficient (Wildman–Crippen LogP) is 3.74. The summed E-state index contributed by atoms with van der Waals surface area (Å²) in [7, 11) is 0. The molecule has 3 aromatic heterocycles. The van der Waals surface area contributed by atoms with Crippen molar-refractivity contribution in [3.8, 4) is 16.8 Å². The Hall–Kier alpha value is -5.29. The number of carboxylic acids is 1. The number of carboxylic acid groups (broad SMARTS) is 1. The molecule has 0 aliphatic heterocycles. The molecule has 11 nitrogen and oxygen atoms in total. The van der Waals surface area contributed by atoms with E-state index in [-0.39, 0.29) is 11.1 Å². The highest BCUT2D eigenvalue weighted by Gasteiger charge is 2.24. The summed E-state index contributed by atoms with van der Waals surface area (Å²) in [5.74, 6) is 5.82. The monoisotopic (exact) mass is 552 g/mol. The second kappa shape index (κ2) is 10.1. The quantitative estimate of drug-likeness (QED) is 0.285. The normalized spacial score (nSPS) is 12.0. The molecule has 3 aromatic carbocycles. The molecule has 1 atom stereocenters. The van der Waals surface area contributed by atoms with Crippen LogP contribution in [0.25, 0.3) is 27.8 Å². The third-order valence-electron chi connectivity index (χ3n) is 6.68. The predicted molar refractivity (Wildman–Crippen MR) is 149 cm³/mol. The number of fused-ring (bicyclic) bond motifs is 1. The van der Waals surface area contributed by atoms with E-state index < -0.39 is 12.0 Å². The molecular formula is C28H21ClN8O3. The second-order valence-corrected chi connectivity index (χ2v) is 9.57. The van der Waals surface area contributed by atoms with Crippen LogP contribution in [0.15, 0.2) is 96.2 Å². The fraction of sp³-hybridized carbons (Fsp3) is 0.0714. The maximum Gasteiger partial charge on any atom is 0.335 e. The Balaban J connectivity index is 1.48. The number of nitrogen functional groups attached to an aromatic ring is 1. The van der Waals surface area contributed by atoms with Gasteiger partial charge in [0, 0.05) is 29.3 Å².